The van der Waals surface area contributed by atoms with E-state index in [1.54, 1.807) is 0 Å². The van der Waals surface area contributed by atoms with Crippen molar-refractivity contribution in [1.29, 1.82) is 0 Å². The molecule has 5 unspecified atom stereocenters. The minimum atomic E-state index is -1.36. The van der Waals surface area contributed by atoms with Crippen LogP contribution in [-0.4, -0.2) is 42.9 Å². The van der Waals surface area contributed by atoms with Crippen molar-refractivity contribution in [1.82, 2.24) is 5.32 Å². The molecule has 0 saturated carbocycles. The van der Waals surface area contributed by atoms with Crippen LogP contribution in [-0.2, 0) is 28.7 Å². The standard InChI is InChI=1S/C11H17NO5.C10H14.C6H10O4.3K/c1-4-9(13)12-5-6-17-11(16)8(3)7(2)10(14)15;1-3-9(2)10-7-5-4-6-8-10;1-3(5(7)8)4(2)6(9)10;;;/h4,7-8H,1,5-6H2,2-3H3,(H,12,13)(H,14,15);4-9H,3H2,1-2H3;3-4H,1-2H3,(H,7,8)(H,9,10);;;/q;;;3*+1/p-3. The van der Waals surface area contributed by atoms with Gasteiger partial charge in [-0.3, -0.25) is 9.59 Å². The molecule has 0 aliphatic heterocycles. The van der Waals surface area contributed by atoms with Crippen LogP contribution in [0.5, 0.6) is 0 Å². The van der Waals surface area contributed by atoms with Crippen LogP contribution in [0, 0.1) is 23.7 Å². The van der Waals surface area contributed by atoms with Gasteiger partial charge in [-0.2, -0.15) is 0 Å². The third-order valence-corrected chi connectivity index (χ3v) is 5.80. The van der Waals surface area contributed by atoms with Gasteiger partial charge < -0.3 is 39.8 Å². The molecule has 1 amide bonds. The molecule has 1 aromatic rings. The van der Waals surface area contributed by atoms with Gasteiger partial charge in [0.15, 0.2) is 0 Å². The molecule has 0 spiro atoms. The van der Waals surface area contributed by atoms with Crippen LogP contribution in [0.4, 0.5) is 0 Å². The number of rotatable bonds is 12. The minimum Gasteiger partial charge on any atom is -0.550 e. The smallest absolute Gasteiger partial charge is 0.550 e. The number of hydrogen-bond donors (Lipinski definition) is 1. The van der Waals surface area contributed by atoms with Gasteiger partial charge in [-0.05, 0) is 24.0 Å². The molecule has 5 atom stereocenters. The van der Waals surface area contributed by atoms with Gasteiger partial charge in [0.1, 0.15) is 6.61 Å². The number of carbonyl (C=O) groups is 5. The van der Waals surface area contributed by atoms with Crippen molar-refractivity contribution < 1.29 is 198 Å². The molecule has 0 saturated heterocycles. The fourth-order valence-electron chi connectivity index (χ4n) is 2.36. The third-order valence-electron chi connectivity index (χ3n) is 5.80. The second kappa shape index (κ2) is 30.3. The third kappa shape index (κ3) is 24.6. The summed E-state index contributed by atoms with van der Waals surface area (Å²) in [5.41, 5.74) is 1.45. The number of carbonyl (C=O) groups excluding carboxylic acids is 5. The predicted molar refractivity (Wildman–Crippen MR) is 131 cm³/mol. The van der Waals surface area contributed by atoms with E-state index in [1.165, 1.54) is 39.7 Å². The van der Waals surface area contributed by atoms with Gasteiger partial charge in [-0.15, -0.1) is 0 Å². The predicted octanol–water partition coefficient (Wildman–Crippen LogP) is -9.18. The molecular weight excluding hydrogens is 600 g/mol. The van der Waals surface area contributed by atoms with Crippen LogP contribution < -0.4 is 175 Å². The maximum atomic E-state index is 11.4. The maximum absolute atomic E-state index is 11.4. The minimum absolute atomic E-state index is 0. The van der Waals surface area contributed by atoms with E-state index in [9.17, 15) is 39.3 Å². The van der Waals surface area contributed by atoms with Crippen molar-refractivity contribution in [2.75, 3.05) is 13.2 Å². The Balaban J connectivity index is -0.000000155. The quantitative estimate of drug-likeness (QED) is 0.101. The van der Waals surface area contributed by atoms with Gasteiger partial charge in [0.25, 0.3) is 0 Å². The van der Waals surface area contributed by atoms with E-state index in [1.807, 2.05) is 0 Å². The zero-order chi connectivity index (χ0) is 29.1. The summed E-state index contributed by atoms with van der Waals surface area (Å²) in [6.45, 7) is 13.2. The van der Waals surface area contributed by atoms with E-state index >= 15 is 0 Å². The Morgan fingerprint density at radius 2 is 1.20 bits per heavy atom. The first kappa shape index (κ1) is 50.8. The van der Waals surface area contributed by atoms with Crippen molar-refractivity contribution >= 4 is 29.8 Å². The number of aliphatic carboxylic acids is 3. The van der Waals surface area contributed by atoms with Gasteiger partial charge >= 0.3 is 160 Å². The van der Waals surface area contributed by atoms with E-state index < -0.39 is 47.5 Å². The Hall–Kier alpha value is 1.22. The Kier molecular flexibility index (Phi) is 38.4. The van der Waals surface area contributed by atoms with E-state index in [4.69, 9.17) is 4.74 Å². The molecule has 10 nitrogen and oxygen atoms in total. The molecule has 1 N–H and O–H groups in total. The number of benzene rings is 1. The summed E-state index contributed by atoms with van der Waals surface area (Å²) in [5, 5.41) is 33.0. The Morgan fingerprint density at radius 1 is 0.800 bits per heavy atom. The van der Waals surface area contributed by atoms with E-state index in [-0.39, 0.29) is 173 Å². The van der Waals surface area contributed by atoms with Crippen molar-refractivity contribution in [3.63, 3.8) is 0 Å². The monoisotopic (exact) mass is 637 g/mol. The average molecular weight is 638 g/mol. The number of amides is 1. The van der Waals surface area contributed by atoms with Crippen molar-refractivity contribution in [3.8, 4) is 0 Å². The van der Waals surface area contributed by atoms with Crippen LogP contribution >= 0.6 is 0 Å². The van der Waals surface area contributed by atoms with Gasteiger partial charge in [0, 0.05) is 35.7 Å². The number of nitrogens with one attached hydrogen (secondary N) is 1. The Bertz CT molecular complexity index is 867. The largest absolute Gasteiger partial charge is 1.00 e. The Labute approximate surface area is 365 Å². The summed E-state index contributed by atoms with van der Waals surface area (Å²) in [6, 6.07) is 10.6. The number of carboxylic acid groups (broad SMARTS) is 3. The Morgan fingerprint density at radius 3 is 1.55 bits per heavy atom. The number of carboxylic acids is 3. The van der Waals surface area contributed by atoms with Crippen LogP contribution in [0.1, 0.15) is 59.4 Å². The topological polar surface area (TPSA) is 176 Å². The second-order valence-electron chi connectivity index (χ2n) is 8.49. The SMILES string of the molecule is C=CC(=O)NCCOC(=O)C(C)C(C)C(=O)[O-].CC(C(=O)[O-])C(C)C(=O)[O-].CCC(C)c1ccccc1.[K+].[K+].[K+]. The molecule has 13 heteroatoms. The summed E-state index contributed by atoms with van der Waals surface area (Å²) in [5.74, 6) is -7.99. The second-order valence-corrected chi connectivity index (χ2v) is 8.49. The van der Waals surface area contributed by atoms with Crippen LogP contribution in [0.15, 0.2) is 43.0 Å². The first-order valence-corrected chi connectivity index (χ1v) is 11.9. The zero-order valence-corrected chi connectivity index (χ0v) is 34.7. The summed E-state index contributed by atoms with van der Waals surface area (Å²) in [7, 11) is 0. The molecule has 0 fully saturated rings. The molecular formula is C27H38K3NO9. The maximum Gasteiger partial charge on any atom is 1.00 e. The normalized spacial score (nSPS) is 12.8. The van der Waals surface area contributed by atoms with Crippen LogP contribution in [0.3, 0.4) is 0 Å². The van der Waals surface area contributed by atoms with Crippen molar-refractivity contribution in [2.24, 2.45) is 23.7 Å². The molecule has 0 aromatic heterocycles. The van der Waals surface area contributed by atoms with Crippen molar-refractivity contribution in [3.05, 3.63) is 48.6 Å². The molecule has 1 aromatic carbocycles. The molecule has 0 heterocycles. The molecule has 0 aliphatic carbocycles. The number of hydrogen-bond acceptors (Lipinski definition) is 9. The van der Waals surface area contributed by atoms with Gasteiger partial charge in [0.2, 0.25) is 5.91 Å². The van der Waals surface area contributed by atoms with E-state index in [0.717, 1.165) is 6.08 Å². The summed E-state index contributed by atoms with van der Waals surface area (Å²) < 4.78 is 4.79. The summed E-state index contributed by atoms with van der Waals surface area (Å²) >= 11 is 0. The van der Waals surface area contributed by atoms with Crippen molar-refractivity contribution in [2.45, 2.75) is 53.9 Å². The number of esters is 1. The van der Waals surface area contributed by atoms with Crippen LogP contribution in [0.25, 0.3) is 0 Å². The fourth-order valence-corrected chi connectivity index (χ4v) is 2.36. The molecule has 0 bridgehead atoms. The average Bonchev–Trinajstić information content (AvgIpc) is 2.89. The fraction of sp³-hybridized carbons (Fsp3) is 0.519. The first-order chi connectivity index (χ1) is 17.2. The molecule has 1 rings (SSSR count). The number of ether oxygens (including phenoxy) is 1. The van der Waals surface area contributed by atoms with Gasteiger partial charge in [0.05, 0.1) is 12.5 Å². The van der Waals surface area contributed by atoms with E-state index in [0.29, 0.717) is 5.92 Å². The first-order valence-electron chi connectivity index (χ1n) is 11.9. The van der Waals surface area contributed by atoms with Gasteiger partial charge in [-0.1, -0.05) is 78.5 Å². The van der Waals surface area contributed by atoms with E-state index in [2.05, 4.69) is 56.1 Å². The van der Waals surface area contributed by atoms with Crippen LogP contribution in [0.2, 0.25) is 0 Å². The summed E-state index contributed by atoms with van der Waals surface area (Å²) in [4.78, 5) is 52.7. The summed E-state index contributed by atoms with van der Waals surface area (Å²) in [6.07, 6.45) is 2.33. The molecule has 208 valence electrons. The molecule has 0 radical (unpaired) electrons. The zero-order valence-electron chi connectivity index (χ0n) is 25.4. The molecule has 0 aliphatic rings. The molecule has 40 heavy (non-hydrogen) atoms. The van der Waals surface area contributed by atoms with Gasteiger partial charge in [-0.25, -0.2) is 0 Å².